The third-order valence-corrected chi connectivity index (χ3v) is 2.62. The van der Waals surface area contributed by atoms with Crippen LogP contribution in [0.25, 0.3) is 0 Å². The van der Waals surface area contributed by atoms with Gasteiger partial charge in [-0.15, -0.1) is 11.3 Å². The number of nitrogens with zero attached hydrogens (tertiary/aromatic N) is 1. The zero-order valence-corrected chi connectivity index (χ0v) is 8.78. The fourth-order valence-corrected chi connectivity index (χ4v) is 2.14. The van der Waals surface area contributed by atoms with E-state index in [-0.39, 0.29) is 0 Å². The van der Waals surface area contributed by atoms with E-state index in [0.717, 1.165) is 10.9 Å². The first-order valence-corrected chi connectivity index (χ1v) is 4.83. The molecule has 1 rings (SSSR count). The molecule has 0 aliphatic rings. The van der Waals surface area contributed by atoms with Gasteiger partial charge < -0.3 is 4.74 Å². The van der Waals surface area contributed by atoms with E-state index in [0.29, 0.717) is 6.73 Å². The summed E-state index contributed by atoms with van der Waals surface area (Å²) in [6.45, 7) is 1.54. The standard InChI is InChI=1S/C8H12ClNOS/c1-10(6-11-2)5-7-3-4-8(9)12-7/h3-4H,5-6H2,1-2H3. The summed E-state index contributed by atoms with van der Waals surface area (Å²) in [5, 5.41) is 0. The third kappa shape index (κ3) is 3.11. The van der Waals surface area contributed by atoms with E-state index < -0.39 is 0 Å². The minimum absolute atomic E-state index is 0.648. The van der Waals surface area contributed by atoms with Gasteiger partial charge in [-0.1, -0.05) is 11.6 Å². The maximum atomic E-state index is 5.79. The van der Waals surface area contributed by atoms with Gasteiger partial charge in [0.25, 0.3) is 0 Å². The number of halogens is 1. The van der Waals surface area contributed by atoms with Crippen molar-refractivity contribution in [2.75, 3.05) is 20.9 Å². The molecule has 0 aromatic carbocycles. The molecule has 4 heteroatoms. The Labute approximate surface area is 81.7 Å². The van der Waals surface area contributed by atoms with Crippen LogP contribution >= 0.6 is 22.9 Å². The second kappa shape index (κ2) is 4.82. The van der Waals surface area contributed by atoms with Crippen molar-refractivity contribution in [3.63, 3.8) is 0 Å². The van der Waals surface area contributed by atoms with Gasteiger partial charge in [-0.2, -0.15) is 0 Å². The van der Waals surface area contributed by atoms with Gasteiger partial charge in [0.05, 0.1) is 11.1 Å². The minimum atomic E-state index is 0.648. The Balaban J connectivity index is 2.41. The maximum absolute atomic E-state index is 5.79. The molecule has 0 amide bonds. The summed E-state index contributed by atoms with van der Waals surface area (Å²) in [6.07, 6.45) is 0. The van der Waals surface area contributed by atoms with E-state index in [1.54, 1.807) is 18.4 Å². The van der Waals surface area contributed by atoms with Crippen molar-refractivity contribution in [2.24, 2.45) is 0 Å². The Morgan fingerprint density at radius 2 is 2.33 bits per heavy atom. The molecule has 0 saturated carbocycles. The average molecular weight is 206 g/mol. The van der Waals surface area contributed by atoms with Crippen LogP contribution in [0.3, 0.4) is 0 Å². The van der Waals surface area contributed by atoms with Gasteiger partial charge in [-0.25, -0.2) is 0 Å². The lowest BCUT2D eigenvalue weighted by atomic mass is 10.4. The molecule has 2 nitrogen and oxygen atoms in total. The van der Waals surface area contributed by atoms with Crippen molar-refractivity contribution in [1.82, 2.24) is 4.90 Å². The van der Waals surface area contributed by atoms with Crippen molar-refractivity contribution in [2.45, 2.75) is 6.54 Å². The highest BCUT2D eigenvalue weighted by molar-refractivity contribution is 7.16. The molecule has 1 heterocycles. The molecule has 0 unspecified atom stereocenters. The third-order valence-electron chi connectivity index (χ3n) is 1.40. The van der Waals surface area contributed by atoms with E-state index in [1.165, 1.54) is 4.88 Å². The van der Waals surface area contributed by atoms with Gasteiger partial charge in [0.2, 0.25) is 0 Å². The van der Waals surface area contributed by atoms with Crippen LogP contribution in [-0.4, -0.2) is 25.8 Å². The van der Waals surface area contributed by atoms with Crippen molar-refractivity contribution < 1.29 is 4.74 Å². The lowest BCUT2D eigenvalue weighted by Crippen LogP contribution is -2.19. The maximum Gasteiger partial charge on any atom is 0.0987 e. The highest BCUT2D eigenvalue weighted by atomic mass is 35.5. The molecule has 0 atom stereocenters. The number of hydrogen-bond acceptors (Lipinski definition) is 3. The molecule has 1 aromatic rings. The zero-order chi connectivity index (χ0) is 8.97. The normalized spacial score (nSPS) is 11.0. The lowest BCUT2D eigenvalue weighted by molar-refractivity contribution is 0.0778. The molecule has 0 spiro atoms. The fraction of sp³-hybridized carbons (Fsp3) is 0.500. The molecule has 0 bridgehead atoms. The van der Waals surface area contributed by atoms with Gasteiger partial charge in [-0.05, 0) is 19.2 Å². The average Bonchev–Trinajstić information content (AvgIpc) is 2.36. The number of methoxy groups -OCH3 is 1. The molecular formula is C8H12ClNOS. The molecule has 1 aromatic heterocycles. The van der Waals surface area contributed by atoms with Crippen molar-refractivity contribution in [1.29, 1.82) is 0 Å². The minimum Gasteiger partial charge on any atom is -0.369 e. The Hall–Kier alpha value is -0.0900. The largest absolute Gasteiger partial charge is 0.369 e. The van der Waals surface area contributed by atoms with Crippen LogP contribution in [0.4, 0.5) is 0 Å². The predicted octanol–water partition coefficient (Wildman–Crippen LogP) is 2.44. The summed E-state index contributed by atoms with van der Waals surface area (Å²) in [7, 11) is 3.70. The second-order valence-electron chi connectivity index (χ2n) is 2.64. The molecule has 0 aliphatic carbocycles. The first kappa shape index (κ1) is 9.99. The Kier molecular flexibility index (Phi) is 4.01. The van der Waals surface area contributed by atoms with Crippen LogP contribution in [-0.2, 0) is 11.3 Å². The SMILES string of the molecule is COCN(C)Cc1ccc(Cl)s1. The molecule has 12 heavy (non-hydrogen) atoms. The first-order valence-electron chi connectivity index (χ1n) is 3.64. The van der Waals surface area contributed by atoms with Crippen LogP contribution in [0.1, 0.15) is 4.88 Å². The second-order valence-corrected chi connectivity index (χ2v) is 4.44. The van der Waals surface area contributed by atoms with Crippen LogP contribution in [0.2, 0.25) is 4.34 Å². The lowest BCUT2D eigenvalue weighted by Gasteiger charge is -2.13. The summed E-state index contributed by atoms with van der Waals surface area (Å²) in [4.78, 5) is 3.35. The monoisotopic (exact) mass is 205 g/mol. The fourth-order valence-electron chi connectivity index (χ4n) is 0.969. The molecule has 0 aliphatic heterocycles. The summed E-state index contributed by atoms with van der Waals surface area (Å²) in [6, 6.07) is 3.96. The van der Waals surface area contributed by atoms with E-state index in [9.17, 15) is 0 Å². The quantitative estimate of drug-likeness (QED) is 0.701. The van der Waals surface area contributed by atoms with E-state index in [4.69, 9.17) is 16.3 Å². The Morgan fingerprint density at radius 3 is 2.83 bits per heavy atom. The zero-order valence-electron chi connectivity index (χ0n) is 7.21. The highest BCUT2D eigenvalue weighted by Crippen LogP contribution is 2.22. The molecule has 0 N–H and O–H groups in total. The Morgan fingerprint density at radius 1 is 1.58 bits per heavy atom. The smallest absolute Gasteiger partial charge is 0.0987 e. The first-order chi connectivity index (χ1) is 5.72. The topological polar surface area (TPSA) is 12.5 Å². The summed E-state index contributed by atoms with van der Waals surface area (Å²) in [5.74, 6) is 0. The van der Waals surface area contributed by atoms with Gasteiger partial charge in [0.15, 0.2) is 0 Å². The summed E-state index contributed by atoms with van der Waals surface area (Å²) in [5.41, 5.74) is 0. The van der Waals surface area contributed by atoms with Crippen molar-refractivity contribution >= 4 is 22.9 Å². The van der Waals surface area contributed by atoms with Gasteiger partial charge in [0.1, 0.15) is 0 Å². The molecule has 0 fully saturated rings. The molecular weight excluding hydrogens is 194 g/mol. The van der Waals surface area contributed by atoms with Crippen molar-refractivity contribution in [3.05, 3.63) is 21.3 Å². The van der Waals surface area contributed by atoms with Crippen LogP contribution in [0.15, 0.2) is 12.1 Å². The number of rotatable bonds is 4. The number of thiophene rings is 1. The van der Waals surface area contributed by atoms with E-state index in [1.807, 2.05) is 19.2 Å². The van der Waals surface area contributed by atoms with E-state index in [2.05, 4.69) is 4.90 Å². The van der Waals surface area contributed by atoms with Gasteiger partial charge in [-0.3, -0.25) is 4.90 Å². The van der Waals surface area contributed by atoms with Gasteiger partial charge >= 0.3 is 0 Å². The Bertz CT molecular complexity index is 239. The summed E-state index contributed by atoms with van der Waals surface area (Å²) < 4.78 is 5.82. The van der Waals surface area contributed by atoms with Crippen molar-refractivity contribution in [3.8, 4) is 0 Å². The van der Waals surface area contributed by atoms with Gasteiger partial charge in [0, 0.05) is 18.5 Å². The molecule has 68 valence electrons. The van der Waals surface area contributed by atoms with Crippen LogP contribution < -0.4 is 0 Å². The predicted molar refractivity (Wildman–Crippen MR) is 52.7 cm³/mol. The molecule has 0 radical (unpaired) electrons. The van der Waals surface area contributed by atoms with Crippen LogP contribution in [0.5, 0.6) is 0 Å². The van der Waals surface area contributed by atoms with Crippen LogP contribution in [0, 0.1) is 0 Å². The van der Waals surface area contributed by atoms with E-state index >= 15 is 0 Å². The number of hydrogen-bond donors (Lipinski definition) is 0. The summed E-state index contributed by atoms with van der Waals surface area (Å²) >= 11 is 7.40. The molecule has 0 saturated heterocycles. The number of ether oxygens (including phenoxy) is 1. The highest BCUT2D eigenvalue weighted by Gasteiger charge is 2.01.